The third kappa shape index (κ3) is 5.12. The standard InChI is InChI=1S/C25H36N4O/c1-18-11-13-28(14-12-18)17-20-7-5-19(6-8-20)16-26-24(30)23-15-22(21-9-10-21)27-29(23)25(2,3)4/h5-8,15,18,21H,9-14,16-17H2,1-4H3,(H,26,30). The lowest BCUT2D eigenvalue weighted by Crippen LogP contribution is -2.32. The van der Waals surface area contributed by atoms with Gasteiger partial charge in [0.25, 0.3) is 5.91 Å². The summed E-state index contributed by atoms with van der Waals surface area (Å²) in [5, 5.41) is 7.84. The minimum Gasteiger partial charge on any atom is -0.347 e. The zero-order valence-corrected chi connectivity index (χ0v) is 18.9. The van der Waals surface area contributed by atoms with Gasteiger partial charge in [0.15, 0.2) is 0 Å². The summed E-state index contributed by atoms with van der Waals surface area (Å²) in [6.07, 6.45) is 4.98. The Hall–Kier alpha value is -2.14. The number of carbonyl (C=O) groups is 1. The Kier molecular flexibility index (Phi) is 6.01. The summed E-state index contributed by atoms with van der Waals surface area (Å²) < 4.78 is 1.89. The molecule has 2 aliphatic rings. The Labute approximate surface area is 180 Å². The Bertz CT molecular complexity index is 866. The lowest BCUT2D eigenvalue weighted by molar-refractivity contribution is 0.0932. The van der Waals surface area contributed by atoms with Crippen LogP contribution in [0.1, 0.15) is 86.6 Å². The molecule has 1 aromatic heterocycles. The van der Waals surface area contributed by atoms with E-state index < -0.39 is 0 Å². The molecule has 0 spiro atoms. The van der Waals surface area contributed by atoms with Crippen LogP contribution in [0, 0.1) is 5.92 Å². The molecule has 1 N–H and O–H groups in total. The van der Waals surface area contributed by atoms with E-state index in [1.807, 2.05) is 10.7 Å². The molecule has 2 heterocycles. The van der Waals surface area contributed by atoms with E-state index in [4.69, 9.17) is 5.10 Å². The van der Waals surface area contributed by atoms with Gasteiger partial charge in [0.1, 0.15) is 5.69 Å². The molecule has 2 fully saturated rings. The molecule has 0 atom stereocenters. The zero-order chi connectivity index (χ0) is 21.3. The van der Waals surface area contributed by atoms with Crippen LogP contribution in [0.3, 0.4) is 0 Å². The number of nitrogens with one attached hydrogen (secondary N) is 1. The lowest BCUT2D eigenvalue weighted by atomic mass is 9.99. The SMILES string of the molecule is CC1CCN(Cc2ccc(CNC(=O)c3cc(C4CC4)nn3C(C)(C)C)cc2)CC1. The van der Waals surface area contributed by atoms with E-state index in [0.29, 0.717) is 18.2 Å². The molecule has 1 aliphatic heterocycles. The average molecular weight is 409 g/mol. The van der Waals surface area contributed by atoms with Crippen molar-refractivity contribution in [3.63, 3.8) is 0 Å². The van der Waals surface area contributed by atoms with Crippen LogP contribution in [-0.4, -0.2) is 33.7 Å². The van der Waals surface area contributed by atoms with E-state index >= 15 is 0 Å². The Morgan fingerprint density at radius 2 is 1.70 bits per heavy atom. The van der Waals surface area contributed by atoms with E-state index in [0.717, 1.165) is 23.7 Å². The maximum absolute atomic E-state index is 12.9. The van der Waals surface area contributed by atoms with Crippen LogP contribution in [0.4, 0.5) is 0 Å². The van der Waals surface area contributed by atoms with Crippen molar-refractivity contribution >= 4 is 5.91 Å². The predicted molar refractivity (Wildman–Crippen MR) is 120 cm³/mol. The Balaban J connectivity index is 1.35. The zero-order valence-electron chi connectivity index (χ0n) is 18.9. The Morgan fingerprint density at radius 1 is 1.07 bits per heavy atom. The lowest BCUT2D eigenvalue weighted by Gasteiger charge is -2.30. The molecule has 5 heteroatoms. The van der Waals surface area contributed by atoms with Gasteiger partial charge < -0.3 is 5.32 Å². The maximum Gasteiger partial charge on any atom is 0.269 e. The second kappa shape index (κ2) is 8.54. The average Bonchev–Trinajstić information content (AvgIpc) is 3.46. The third-order valence-electron chi connectivity index (χ3n) is 6.35. The van der Waals surface area contributed by atoms with Crippen LogP contribution in [0.15, 0.2) is 30.3 Å². The van der Waals surface area contributed by atoms with Crippen LogP contribution in [0.2, 0.25) is 0 Å². The highest BCUT2D eigenvalue weighted by Gasteiger charge is 2.31. The Morgan fingerprint density at radius 3 is 2.30 bits per heavy atom. The van der Waals surface area contributed by atoms with Gasteiger partial charge in [0, 0.05) is 19.0 Å². The van der Waals surface area contributed by atoms with Gasteiger partial charge >= 0.3 is 0 Å². The summed E-state index contributed by atoms with van der Waals surface area (Å²) in [5.74, 6) is 1.36. The number of hydrogen-bond acceptors (Lipinski definition) is 3. The molecule has 1 amide bonds. The molecule has 1 saturated heterocycles. The van der Waals surface area contributed by atoms with Crippen molar-refractivity contribution in [3.05, 3.63) is 52.8 Å². The number of piperidine rings is 1. The van der Waals surface area contributed by atoms with E-state index in [1.165, 1.54) is 44.3 Å². The van der Waals surface area contributed by atoms with Gasteiger partial charge in [-0.15, -0.1) is 0 Å². The van der Waals surface area contributed by atoms with Crippen molar-refractivity contribution in [3.8, 4) is 0 Å². The summed E-state index contributed by atoms with van der Waals surface area (Å²) in [6.45, 7) is 12.6. The first-order chi connectivity index (χ1) is 14.3. The molecule has 1 saturated carbocycles. The van der Waals surface area contributed by atoms with Gasteiger partial charge in [0.05, 0.1) is 11.2 Å². The van der Waals surface area contributed by atoms with Crippen molar-refractivity contribution in [1.29, 1.82) is 0 Å². The van der Waals surface area contributed by atoms with Gasteiger partial charge in [0.2, 0.25) is 0 Å². The summed E-state index contributed by atoms with van der Waals surface area (Å²) >= 11 is 0. The number of rotatable bonds is 6. The number of aromatic nitrogens is 2. The molecular weight excluding hydrogens is 372 g/mol. The van der Waals surface area contributed by atoms with Gasteiger partial charge in [-0.2, -0.15) is 5.10 Å². The fourth-order valence-electron chi connectivity index (χ4n) is 4.16. The first-order valence-corrected chi connectivity index (χ1v) is 11.5. The molecule has 1 aromatic carbocycles. The van der Waals surface area contributed by atoms with E-state index in [-0.39, 0.29) is 11.4 Å². The summed E-state index contributed by atoms with van der Waals surface area (Å²) in [5.41, 5.74) is 3.99. The van der Waals surface area contributed by atoms with E-state index in [1.54, 1.807) is 0 Å². The second-order valence-electron chi connectivity index (χ2n) is 10.3. The minimum absolute atomic E-state index is 0.0455. The fourth-order valence-corrected chi connectivity index (χ4v) is 4.16. The second-order valence-corrected chi connectivity index (χ2v) is 10.3. The normalized spacial score (nSPS) is 18.5. The molecule has 0 radical (unpaired) electrons. The van der Waals surface area contributed by atoms with E-state index in [9.17, 15) is 4.79 Å². The number of amides is 1. The first-order valence-electron chi connectivity index (χ1n) is 11.5. The fraction of sp³-hybridized carbons (Fsp3) is 0.600. The number of nitrogens with zero attached hydrogens (tertiary/aromatic N) is 3. The molecule has 5 nitrogen and oxygen atoms in total. The highest BCUT2D eigenvalue weighted by Crippen LogP contribution is 2.40. The summed E-state index contributed by atoms with van der Waals surface area (Å²) in [4.78, 5) is 15.5. The topological polar surface area (TPSA) is 50.2 Å². The number of benzene rings is 1. The van der Waals surface area contributed by atoms with E-state index in [2.05, 4.69) is 62.2 Å². The molecule has 4 rings (SSSR count). The van der Waals surface area contributed by atoms with Gasteiger partial charge in [-0.25, -0.2) is 0 Å². The predicted octanol–water partition coefficient (Wildman–Crippen LogP) is 4.68. The van der Waals surface area contributed by atoms with Crippen LogP contribution in [-0.2, 0) is 18.6 Å². The number of likely N-dealkylation sites (tertiary alicyclic amines) is 1. The first kappa shape index (κ1) is 21.1. The molecule has 162 valence electrons. The maximum atomic E-state index is 12.9. The van der Waals surface area contributed by atoms with Crippen LogP contribution in [0.25, 0.3) is 0 Å². The minimum atomic E-state index is -0.215. The van der Waals surface area contributed by atoms with Gasteiger partial charge in [-0.3, -0.25) is 14.4 Å². The van der Waals surface area contributed by atoms with Crippen molar-refractivity contribution in [2.75, 3.05) is 13.1 Å². The smallest absolute Gasteiger partial charge is 0.269 e. The quantitative estimate of drug-likeness (QED) is 0.755. The molecular formula is C25H36N4O. The number of carbonyl (C=O) groups excluding carboxylic acids is 1. The summed E-state index contributed by atoms with van der Waals surface area (Å²) in [6, 6.07) is 10.7. The molecule has 2 aromatic rings. The third-order valence-corrected chi connectivity index (χ3v) is 6.35. The summed E-state index contributed by atoms with van der Waals surface area (Å²) in [7, 11) is 0. The highest BCUT2D eigenvalue weighted by molar-refractivity contribution is 5.92. The molecule has 30 heavy (non-hydrogen) atoms. The largest absolute Gasteiger partial charge is 0.347 e. The highest BCUT2D eigenvalue weighted by atomic mass is 16.2. The van der Waals surface area contributed by atoms with Crippen molar-refractivity contribution in [2.45, 2.75) is 77.9 Å². The van der Waals surface area contributed by atoms with Crippen molar-refractivity contribution < 1.29 is 4.79 Å². The van der Waals surface area contributed by atoms with Gasteiger partial charge in [-0.05, 0) is 82.7 Å². The molecule has 1 aliphatic carbocycles. The van der Waals surface area contributed by atoms with Crippen LogP contribution < -0.4 is 5.32 Å². The van der Waals surface area contributed by atoms with Gasteiger partial charge in [-0.1, -0.05) is 31.2 Å². The van der Waals surface area contributed by atoms with Crippen LogP contribution >= 0.6 is 0 Å². The van der Waals surface area contributed by atoms with Crippen molar-refractivity contribution in [1.82, 2.24) is 20.0 Å². The van der Waals surface area contributed by atoms with Crippen LogP contribution in [0.5, 0.6) is 0 Å². The number of hydrogen-bond donors (Lipinski definition) is 1. The molecule has 0 unspecified atom stereocenters. The monoisotopic (exact) mass is 408 g/mol. The van der Waals surface area contributed by atoms with Crippen molar-refractivity contribution in [2.24, 2.45) is 5.92 Å². The molecule has 0 bridgehead atoms.